The normalized spacial score (nSPS) is 26.2. The second-order valence-electron chi connectivity index (χ2n) is 8.75. The fourth-order valence-corrected chi connectivity index (χ4v) is 5.55. The van der Waals surface area contributed by atoms with Crippen LogP contribution in [0.3, 0.4) is 0 Å². The predicted molar refractivity (Wildman–Crippen MR) is 122 cm³/mol. The first-order chi connectivity index (χ1) is 14.9. The molecule has 0 spiro atoms. The fourth-order valence-electron chi connectivity index (χ4n) is 4.48. The second-order valence-corrected chi connectivity index (χ2v) is 10.0. The Morgan fingerprint density at radius 2 is 1.97 bits per heavy atom. The summed E-state index contributed by atoms with van der Waals surface area (Å²) >= 11 is 1.73. The van der Waals surface area contributed by atoms with Crippen LogP contribution in [0.5, 0.6) is 0 Å². The van der Waals surface area contributed by atoms with Crippen molar-refractivity contribution < 1.29 is 14.0 Å². The molecule has 0 aromatic carbocycles. The Hall–Kier alpha value is -2.16. The SMILES string of the molecule is CN(C)C(=O)N1CCC(SCC2=NC3=CC(=NC4CCCC4)C=C(F)C3C(=O)N2)CC1. The first kappa shape index (κ1) is 22.0. The molecule has 168 valence electrons. The van der Waals surface area contributed by atoms with E-state index in [4.69, 9.17) is 0 Å². The quantitative estimate of drug-likeness (QED) is 0.719. The number of thioether (sulfide) groups is 1. The molecule has 0 bridgehead atoms. The average Bonchev–Trinajstić information content (AvgIpc) is 3.24. The van der Waals surface area contributed by atoms with E-state index >= 15 is 0 Å². The molecule has 2 fully saturated rings. The zero-order chi connectivity index (χ0) is 22.0. The zero-order valence-corrected chi connectivity index (χ0v) is 19.0. The number of nitrogens with zero attached hydrogens (tertiary/aromatic N) is 4. The fraction of sp³-hybridized carbons (Fsp3) is 0.636. The zero-order valence-electron chi connectivity index (χ0n) is 18.1. The number of nitrogens with one attached hydrogen (secondary N) is 1. The third-order valence-electron chi connectivity index (χ3n) is 6.15. The molecule has 2 heterocycles. The molecule has 1 unspecified atom stereocenters. The number of halogens is 1. The molecule has 4 aliphatic rings. The number of carbonyl (C=O) groups is 2. The van der Waals surface area contributed by atoms with Gasteiger partial charge in [0.25, 0.3) is 0 Å². The summed E-state index contributed by atoms with van der Waals surface area (Å²) in [5.74, 6) is -0.685. The van der Waals surface area contributed by atoms with Crippen molar-refractivity contribution in [3.8, 4) is 0 Å². The molecule has 2 aliphatic carbocycles. The van der Waals surface area contributed by atoms with Crippen LogP contribution in [-0.2, 0) is 4.79 Å². The maximum Gasteiger partial charge on any atom is 0.319 e. The minimum Gasteiger partial charge on any atom is -0.331 e. The lowest BCUT2D eigenvalue weighted by Gasteiger charge is -2.33. The number of aliphatic imine (C=N–C) groups is 2. The van der Waals surface area contributed by atoms with Gasteiger partial charge in [0.2, 0.25) is 5.91 Å². The van der Waals surface area contributed by atoms with Crippen molar-refractivity contribution in [1.82, 2.24) is 15.1 Å². The summed E-state index contributed by atoms with van der Waals surface area (Å²) in [6.07, 6.45) is 9.37. The minimum absolute atomic E-state index is 0.0489. The Balaban J connectivity index is 1.37. The number of urea groups is 1. The minimum atomic E-state index is -0.962. The molecule has 2 aliphatic heterocycles. The highest BCUT2D eigenvalue weighted by Crippen LogP contribution is 2.32. The molecule has 31 heavy (non-hydrogen) atoms. The van der Waals surface area contributed by atoms with E-state index in [1.807, 2.05) is 4.90 Å². The summed E-state index contributed by atoms with van der Waals surface area (Å²) in [6.45, 7) is 1.47. The Kier molecular flexibility index (Phi) is 6.79. The number of carbonyl (C=O) groups excluding carboxylic acids is 2. The van der Waals surface area contributed by atoms with Crippen LogP contribution in [0.1, 0.15) is 38.5 Å². The van der Waals surface area contributed by atoms with Crippen molar-refractivity contribution in [2.75, 3.05) is 32.9 Å². The van der Waals surface area contributed by atoms with Gasteiger partial charge in [-0.25, -0.2) is 14.2 Å². The van der Waals surface area contributed by atoms with Gasteiger partial charge >= 0.3 is 6.03 Å². The maximum absolute atomic E-state index is 14.6. The van der Waals surface area contributed by atoms with Crippen LogP contribution in [0.25, 0.3) is 0 Å². The van der Waals surface area contributed by atoms with Crippen LogP contribution >= 0.6 is 11.8 Å². The molecule has 9 heteroatoms. The van der Waals surface area contributed by atoms with E-state index in [-0.39, 0.29) is 18.0 Å². The lowest BCUT2D eigenvalue weighted by molar-refractivity contribution is -0.122. The number of hydrogen-bond acceptors (Lipinski definition) is 5. The van der Waals surface area contributed by atoms with E-state index in [0.29, 0.717) is 28.2 Å². The third-order valence-corrected chi connectivity index (χ3v) is 7.54. The lowest BCUT2D eigenvalue weighted by atomic mass is 9.94. The van der Waals surface area contributed by atoms with Gasteiger partial charge in [0.1, 0.15) is 17.6 Å². The van der Waals surface area contributed by atoms with E-state index in [1.54, 1.807) is 36.8 Å². The predicted octanol–water partition coefficient (Wildman–Crippen LogP) is 3.14. The second kappa shape index (κ2) is 9.54. The van der Waals surface area contributed by atoms with Gasteiger partial charge in [-0.1, -0.05) is 12.8 Å². The van der Waals surface area contributed by atoms with E-state index in [1.165, 1.54) is 6.08 Å². The molecule has 0 radical (unpaired) electrons. The van der Waals surface area contributed by atoms with Crippen LogP contribution in [0.15, 0.2) is 33.7 Å². The molecule has 1 atom stereocenters. The monoisotopic (exact) mass is 447 g/mol. The van der Waals surface area contributed by atoms with Crippen molar-refractivity contribution in [2.45, 2.75) is 49.8 Å². The van der Waals surface area contributed by atoms with Crippen LogP contribution in [0.4, 0.5) is 9.18 Å². The van der Waals surface area contributed by atoms with Gasteiger partial charge in [-0.3, -0.25) is 9.79 Å². The van der Waals surface area contributed by atoms with Crippen LogP contribution < -0.4 is 5.32 Å². The molecule has 4 rings (SSSR count). The number of amidine groups is 1. The van der Waals surface area contributed by atoms with Gasteiger partial charge in [0, 0.05) is 32.4 Å². The molecular formula is C22H30FN5O2S. The largest absolute Gasteiger partial charge is 0.331 e. The third kappa shape index (κ3) is 5.19. The Bertz CT molecular complexity index is 852. The van der Waals surface area contributed by atoms with Crippen molar-refractivity contribution in [3.63, 3.8) is 0 Å². The van der Waals surface area contributed by atoms with Gasteiger partial charge in [-0.15, -0.1) is 0 Å². The smallest absolute Gasteiger partial charge is 0.319 e. The van der Waals surface area contributed by atoms with E-state index in [2.05, 4.69) is 15.3 Å². The summed E-state index contributed by atoms with van der Waals surface area (Å²) in [6, 6.07) is 0.293. The van der Waals surface area contributed by atoms with Gasteiger partial charge in [0.05, 0.1) is 23.2 Å². The van der Waals surface area contributed by atoms with Crippen molar-refractivity contribution in [1.29, 1.82) is 0 Å². The summed E-state index contributed by atoms with van der Waals surface area (Å²) in [7, 11) is 3.53. The number of piperidine rings is 1. The summed E-state index contributed by atoms with van der Waals surface area (Å²) in [5.41, 5.74) is 1.03. The number of hydrogen-bond donors (Lipinski definition) is 1. The molecule has 1 N–H and O–H groups in total. The first-order valence-electron chi connectivity index (χ1n) is 11.0. The maximum atomic E-state index is 14.6. The number of fused-ring (bicyclic) bond motifs is 1. The number of likely N-dealkylation sites (tertiary alicyclic amines) is 1. The average molecular weight is 448 g/mol. The summed E-state index contributed by atoms with van der Waals surface area (Å²) in [5, 5.41) is 3.18. The molecule has 0 aromatic rings. The highest BCUT2D eigenvalue weighted by Gasteiger charge is 2.35. The van der Waals surface area contributed by atoms with E-state index < -0.39 is 11.7 Å². The van der Waals surface area contributed by atoms with Gasteiger partial charge in [0.15, 0.2) is 0 Å². The lowest BCUT2D eigenvalue weighted by Crippen LogP contribution is -2.45. The van der Waals surface area contributed by atoms with Gasteiger partial charge < -0.3 is 15.1 Å². The van der Waals surface area contributed by atoms with E-state index in [0.717, 1.165) is 51.6 Å². The summed E-state index contributed by atoms with van der Waals surface area (Å²) < 4.78 is 14.6. The Morgan fingerprint density at radius 1 is 1.26 bits per heavy atom. The molecule has 7 nitrogen and oxygen atoms in total. The molecule has 0 aromatic heterocycles. The first-order valence-corrected chi connectivity index (χ1v) is 12.1. The number of amides is 3. The highest BCUT2D eigenvalue weighted by molar-refractivity contribution is 8.00. The summed E-state index contributed by atoms with van der Waals surface area (Å²) in [4.78, 5) is 37.3. The van der Waals surface area contributed by atoms with Crippen LogP contribution in [0, 0.1) is 5.92 Å². The highest BCUT2D eigenvalue weighted by atomic mass is 32.2. The van der Waals surface area contributed by atoms with Crippen molar-refractivity contribution in [2.24, 2.45) is 15.9 Å². The topological polar surface area (TPSA) is 77.4 Å². The van der Waals surface area contributed by atoms with E-state index in [9.17, 15) is 14.0 Å². The standard InChI is InChI=1S/C22H30FN5O2S/c1-27(2)22(30)28-9-7-16(8-10-28)31-13-19-25-18-12-15(24-14-5-3-4-6-14)11-17(23)20(18)21(29)26-19/h11-12,14,16,20H,3-10,13H2,1-2H3,(H,25,26,29). The van der Waals surface area contributed by atoms with Crippen molar-refractivity contribution >= 4 is 35.2 Å². The van der Waals surface area contributed by atoms with Gasteiger partial charge in [-0.2, -0.15) is 11.8 Å². The molecule has 3 amide bonds. The van der Waals surface area contributed by atoms with Crippen LogP contribution in [0.2, 0.25) is 0 Å². The van der Waals surface area contributed by atoms with Crippen molar-refractivity contribution in [3.05, 3.63) is 23.7 Å². The van der Waals surface area contributed by atoms with Crippen LogP contribution in [-0.4, -0.2) is 77.5 Å². The van der Waals surface area contributed by atoms with Gasteiger partial charge in [-0.05, 0) is 37.8 Å². The molecule has 1 saturated carbocycles. The number of allylic oxidation sites excluding steroid dienone is 2. The Labute approximate surface area is 186 Å². The molecular weight excluding hydrogens is 417 g/mol. The molecule has 1 saturated heterocycles. The number of rotatable bonds is 4. The Morgan fingerprint density at radius 3 is 2.65 bits per heavy atom.